The predicted octanol–water partition coefficient (Wildman–Crippen LogP) is 0.930. The van der Waals surface area contributed by atoms with E-state index in [0.717, 1.165) is 25.7 Å². The summed E-state index contributed by atoms with van der Waals surface area (Å²) >= 11 is 2.97. The minimum Gasteiger partial charge on any atom is -0.435 e. The van der Waals surface area contributed by atoms with Crippen molar-refractivity contribution in [1.82, 2.24) is 9.55 Å². The van der Waals surface area contributed by atoms with Crippen LogP contribution < -0.4 is 35.2 Å². The zero-order valence-corrected chi connectivity index (χ0v) is 19.3. The first-order chi connectivity index (χ1) is 15.4. The predicted molar refractivity (Wildman–Crippen MR) is 127 cm³/mol. The standard InChI is InChI=1S/C23H20FN4O2S2/c1-4-28-21(13-20-27(3)15-12-14(24)7-8-17(15)31-20)32-18(23(28)29)9-10-19-25-22-16(30-19)6-5-11-26(22)2/h5-13H,4H2,1-3H3/q+1/b18-9-,19-10+. The Morgan fingerprint density at radius 3 is 2.91 bits per heavy atom. The third-order valence-electron chi connectivity index (χ3n) is 5.25. The molecule has 6 nitrogen and oxygen atoms in total. The molecule has 0 radical (unpaired) electrons. The SMILES string of the molecule is CCn1c(=O)/c(=C/C=c2\nc3c(o2)=CC=CN3C)s/c1=C\c1sc2ccc(F)cc2[n+]1C. The maximum Gasteiger partial charge on any atom is 0.269 e. The zero-order chi connectivity index (χ0) is 22.4. The number of allylic oxidation sites excluding steroid dienone is 1. The van der Waals surface area contributed by atoms with E-state index >= 15 is 0 Å². The van der Waals surface area contributed by atoms with E-state index < -0.39 is 0 Å². The Balaban J connectivity index is 1.63. The molecule has 9 heteroatoms. The number of fused-ring (bicyclic) bond motifs is 2. The fourth-order valence-corrected chi connectivity index (χ4v) is 5.77. The van der Waals surface area contributed by atoms with Crippen LogP contribution in [0.4, 0.5) is 10.2 Å². The third kappa shape index (κ3) is 3.53. The second-order valence-electron chi connectivity index (χ2n) is 7.30. The second kappa shape index (κ2) is 7.99. The zero-order valence-electron chi connectivity index (χ0n) is 17.7. The Kier molecular flexibility index (Phi) is 5.15. The normalized spacial score (nSPS) is 15.1. The number of halogens is 1. The molecule has 0 bridgehead atoms. The average molecular weight is 468 g/mol. The van der Waals surface area contributed by atoms with Gasteiger partial charge in [-0.15, -0.1) is 11.3 Å². The van der Waals surface area contributed by atoms with Gasteiger partial charge in [-0.1, -0.05) is 11.3 Å². The van der Waals surface area contributed by atoms with Crippen LogP contribution in [0, 0.1) is 5.82 Å². The molecule has 1 aliphatic rings. The van der Waals surface area contributed by atoms with E-state index in [1.165, 1.54) is 23.5 Å². The number of aromatic nitrogens is 3. The first-order valence-electron chi connectivity index (χ1n) is 10.0. The van der Waals surface area contributed by atoms with Crippen LogP contribution in [0.1, 0.15) is 11.9 Å². The van der Waals surface area contributed by atoms with Crippen molar-refractivity contribution >= 4 is 63.0 Å². The number of anilines is 1. The number of hydrogen-bond donors (Lipinski definition) is 0. The van der Waals surface area contributed by atoms with E-state index in [4.69, 9.17) is 4.42 Å². The molecular formula is C23H20FN4O2S2+. The van der Waals surface area contributed by atoms with Crippen molar-refractivity contribution in [3.05, 3.63) is 71.8 Å². The van der Waals surface area contributed by atoms with Crippen molar-refractivity contribution in [3.8, 4) is 0 Å². The number of hydrogen-bond acceptors (Lipinski definition) is 6. The van der Waals surface area contributed by atoms with Gasteiger partial charge in [-0.25, -0.2) is 4.39 Å². The van der Waals surface area contributed by atoms with E-state index in [1.807, 2.05) is 54.9 Å². The van der Waals surface area contributed by atoms with Crippen molar-refractivity contribution in [1.29, 1.82) is 0 Å². The molecule has 0 unspecified atom stereocenters. The Labute approximate surface area is 190 Å². The van der Waals surface area contributed by atoms with E-state index in [0.29, 0.717) is 22.0 Å². The Hall–Kier alpha value is -3.30. The molecule has 0 amide bonds. The second-order valence-corrected chi connectivity index (χ2v) is 9.43. The van der Waals surface area contributed by atoms with Gasteiger partial charge in [0.2, 0.25) is 11.1 Å². The van der Waals surface area contributed by atoms with Crippen LogP contribution in [-0.4, -0.2) is 16.6 Å². The molecule has 1 aliphatic heterocycles. The van der Waals surface area contributed by atoms with Gasteiger partial charge < -0.3 is 9.32 Å². The summed E-state index contributed by atoms with van der Waals surface area (Å²) in [5, 5.41) is 0.941. The van der Waals surface area contributed by atoms with Crippen LogP contribution in [0.2, 0.25) is 0 Å². The molecule has 1 aromatic carbocycles. The number of aryl methyl sites for hydroxylation is 1. The highest BCUT2D eigenvalue weighted by atomic mass is 32.1. The average Bonchev–Trinajstić information content (AvgIpc) is 3.42. The summed E-state index contributed by atoms with van der Waals surface area (Å²) in [5.74, 6) is 0.478. The summed E-state index contributed by atoms with van der Waals surface area (Å²) in [6, 6.07) is 4.77. The van der Waals surface area contributed by atoms with Crippen molar-refractivity contribution in [2.75, 3.05) is 11.9 Å². The summed E-state index contributed by atoms with van der Waals surface area (Å²) in [6.07, 6.45) is 11.1. The molecule has 5 rings (SSSR count). The van der Waals surface area contributed by atoms with Crippen LogP contribution in [0.5, 0.6) is 0 Å². The largest absolute Gasteiger partial charge is 0.435 e. The third-order valence-corrected chi connectivity index (χ3v) is 7.49. The Bertz CT molecular complexity index is 1690. The molecule has 0 fully saturated rings. The van der Waals surface area contributed by atoms with Crippen molar-refractivity contribution in [2.45, 2.75) is 13.5 Å². The summed E-state index contributed by atoms with van der Waals surface area (Å²) < 4.78 is 25.5. The number of thiazole rings is 2. The molecule has 4 heterocycles. The minimum atomic E-state index is -0.265. The lowest BCUT2D eigenvalue weighted by Crippen LogP contribution is -2.32. The Morgan fingerprint density at radius 2 is 2.12 bits per heavy atom. The minimum absolute atomic E-state index is 0.0588. The van der Waals surface area contributed by atoms with Gasteiger partial charge in [0, 0.05) is 31.9 Å². The molecule has 0 saturated heterocycles. The van der Waals surface area contributed by atoms with Crippen LogP contribution in [-0.2, 0) is 13.6 Å². The molecule has 0 N–H and O–H groups in total. The molecule has 0 spiro atoms. The maximum absolute atomic E-state index is 13.7. The van der Waals surface area contributed by atoms with E-state index in [1.54, 1.807) is 34.1 Å². The molecule has 3 aromatic heterocycles. The van der Waals surface area contributed by atoms with Crippen molar-refractivity contribution < 1.29 is 13.4 Å². The van der Waals surface area contributed by atoms with Gasteiger partial charge in [-0.05, 0) is 37.3 Å². The summed E-state index contributed by atoms with van der Waals surface area (Å²) in [4.78, 5) is 19.3. The number of oxazole rings is 1. The van der Waals surface area contributed by atoms with Crippen LogP contribution in [0.15, 0.2) is 39.7 Å². The summed E-state index contributed by atoms with van der Waals surface area (Å²) in [5.41, 5.74) is 1.90. The van der Waals surface area contributed by atoms with E-state index in [2.05, 4.69) is 4.98 Å². The fourth-order valence-electron chi connectivity index (χ4n) is 3.58. The molecule has 0 atom stereocenters. The topological polar surface area (TPSA) is 55.2 Å². The van der Waals surface area contributed by atoms with Gasteiger partial charge in [0.15, 0.2) is 11.2 Å². The van der Waals surface area contributed by atoms with Gasteiger partial charge in [0.1, 0.15) is 22.2 Å². The quantitative estimate of drug-likeness (QED) is 0.421. The van der Waals surface area contributed by atoms with Crippen molar-refractivity contribution in [2.24, 2.45) is 7.05 Å². The van der Waals surface area contributed by atoms with Gasteiger partial charge in [0.25, 0.3) is 10.6 Å². The highest BCUT2D eigenvalue weighted by molar-refractivity contribution is 7.19. The molecule has 0 aliphatic carbocycles. The van der Waals surface area contributed by atoms with E-state index in [-0.39, 0.29) is 11.4 Å². The molecule has 0 saturated carbocycles. The van der Waals surface area contributed by atoms with Gasteiger partial charge in [0.05, 0.1) is 10.6 Å². The van der Waals surface area contributed by atoms with Gasteiger partial charge in [-0.2, -0.15) is 9.55 Å². The molecule has 162 valence electrons. The van der Waals surface area contributed by atoms with Crippen LogP contribution in [0.25, 0.3) is 34.5 Å². The first-order valence-corrected chi connectivity index (χ1v) is 11.7. The van der Waals surface area contributed by atoms with Crippen LogP contribution in [0.3, 0.4) is 0 Å². The van der Waals surface area contributed by atoms with Gasteiger partial charge in [-0.3, -0.25) is 9.36 Å². The van der Waals surface area contributed by atoms with Crippen LogP contribution >= 0.6 is 22.7 Å². The number of rotatable bonds is 3. The highest BCUT2D eigenvalue weighted by Gasteiger charge is 2.16. The summed E-state index contributed by atoms with van der Waals surface area (Å²) in [6.45, 7) is 2.50. The molecule has 4 aromatic rings. The van der Waals surface area contributed by atoms with Gasteiger partial charge >= 0.3 is 0 Å². The lowest BCUT2D eigenvalue weighted by Gasteiger charge is -2.10. The lowest BCUT2D eigenvalue weighted by atomic mass is 10.3. The smallest absolute Gasteiger partial charge is 0.269 e. The fraction of sp³-hybridized carbons (Fsp3) is 0.174. The monoisotopic (exact) mass is 467 g/mol. The Morgan fingerprint density at radius 1 is 1.28 bits per heavy atom. The summed E-state index contributed by atoms with van der Waals surface area (Å²) in [7, 11) is 3.81. The molecule has 32 heavy (non-hydrogen) atoms. The van der Waals surface area contributed by atoms with E-state index in [9.17, 15) is 9.18 Å². The number of nitrogens with zero attached hydrogens (tertiary/aromatic N) is 4. The maximum atomic E-state index is 13.7. The number of benzene rings is 1. The van der Waals surface area contributed by atoms with Crippen molar-refractivity contribution in [3.63, 3.8) is 0 Å². The highest BCUT2D eigenvalue weighted by Crippen LogP contribution is 2.21. The molecular weight excluding hydrogens is 447 g/mol. The lowest BCUT2D eigenvalue weighted by molar-refractivity contribution is -0.642. The first kappa shape index (κ1) is 20.6.